The van der Waals surface area contributed by atoms with Gasteiger partial charge in [-0.2, -0.15) is 9.58 Å². The molecule has 2 aromatic rings. The fourth-order valence-electron chi connectivity index (χ4n) is 3.61. The third-order valence-electron chi connectivity index (χ3n) is 5.34. The first-order valence-electron chi connectivity index (χ1n) is 9.61. The average molecular weight is 462 g/mol. The lowest BCUT2D eigenvalue weighted by molar-refractivity contribution is -0.827. The lowest BCUT2D eigenvalue weighted by Gasteiger charge is -2.37. The summed E-state index contributed by atoms with van der Waals surface area (Å²) in [7, 11) is 1.70. The summed E-state index contributed by atoms with van der Waals surface area (Å²) in [6.07, 6.45) is 2.86. The van der Waals surface area contributed by atoms with Gasteiger partial charge in [0, 0.05) is 23.1 Å². The van der Waals surface area contributed by atoms with Crippen LogP contribution in [0.1, 0.15) is 34.3 Å². The normalized spacial score (nSPS) is 19.9. The third-order valence-corrected chi connectivity index (χ3v) is 5.45. The van der Waals surface area contributed by atoms with Gasteiger partial charge in [-0.1, -0.05) is 30.2 Å². The topological polar surface area (TPSA) is 112 Å². The summed E-state index contributed by atoms with van der Waals surface area (Å²) in [6.45, 7) is 1.66. The average Bonchev–Trinajstić information content (AvgIpc) is 3.16. The van der Waals surface area contributed by atoms with E-state index in [1.807, 2.05) is 0 Å². The first-order valence-corrected chi connectivity index (χ1v) is 10.0. The smallest absolute Gasteiger partial charge is 0.269 e. The van der Waals surface area contributed by atoms with Crippen LogP contribution in [0.15, 0.2) is 52.6 Å². The largest absolute Gasteiger partial charge is 0.378 e. The highest BCUT2D eigenvalue weighted by molar-refractivity contribution is 7.80. The van der Waals surface area contributed by atoms with Gasteiger partial charge in [0.15, 0.2) is 17.1 Å². The van der Waals surface area contributed by atoms with E-state index < -0.39 is 29.1 Å². The minimum absolute atomic E-state index is 0.0587. The predicted molar refractivity (Wildman–Crippen MR) is 121 cm³/mol. The second kappa shape index (κ2) is 9.07. The zero-order chi connectivity index (χ0) is 23.5. The van der Waals surface area contributed by atoms with Crippen molar-refractivity contribution >= 4 is 35.9 Å². The molecule has 1 aliphatic rings. The van der Waals surface area contributed by atoms with Gasteiger partial charge < -0.3 is 10.8 Å². The molecule has 1 aliphatic heterocycles. The van der Waals surface area contributed by atoms with Gasteiger partial charge in [0.05, 0.1) is 7.05 Å². The van der Waals surface area contributed by atoms with Crippen molar-refractivity contribution < 1.29 is 23.3 Å². The summed E-state index contributed by atoms with van der Waals surface area (Å²) in [5.74, 6) is -2.74. The van der Waals surface area contributed by atoms with E-state index in [4.69, 9.17) is 5.73 Å². The molecule has 11 heteroatoms. The van der Waals surface area contributed by atoms with E-state index in [0.29, 0.717) is 11.1 Å². The number of carbonyl (C=O) groups excluding carboxylic acids is 1. The van der Waals surface area contributed by atoms with Crippen LogP contribution in [0.5, 0.6) is 0 Å². The highest BCUT2D eigenvalue weighted by atomic mass is 32.1. The lowest BCUT2D eigenvalue weighted by Crippen LogP contribution is -2.50. The number of benzene rings is 2. The summed E-state index contributed by atoms with van der Waals surface area (Å²) in [5.41, 5.74) is 9.08. The molecule has 0 radical (unpaired) electrons. The van der Waals surface area contributed by atoms with Gasteiger partial charge >= 0.3 is 0 Å². The molecule has 1 heterocycles. The summed E-state index contributed by atoms with van der Waals surface area (Å²) < 4.78 is 28.2. The van der Waals surface area contributed by atoms with Crippen LogP contribution in [-0.2, 0) is 5.60 Å². The summed E-state index contributed by atoms with van der Waals surface area (Å²) in [6, 6.07) is 9.46. The quantitative estimate of drug-likeness (QED) is 0.298. The maximum Gasteiger partial charge on any atom is 0.269 e. The molecular formula is C21H23F2N6O2S+. The van der Waals surface area contributed by atoms with Crippen molar-refractivity contribution in [2.75, 3.05) is 13.6 Å². The molecule has 0 saturated carbocycles. The fraction of sp³-hybridized carbons (Fsp3) is 0.238. The number of hydrogen-bond acceptors (Lipinski definition) is 5. The zero-order valence-electron chi connectivity index (χ0n) is 17.4. The van der Waals surface area contributed by atoms with Crippen LogP contribution in [0.2, 0.25) is 0 Å². The van der Waals surface area contributed by atoms with E-state index in [9.17, 15) is 18.7 Å². The van der Waals surface area contributed by atoms with Gasteiger partial charge in [-0.25, -0.2) is 8.78 Å². The van der Waals surface area contributed by atoms with Gasteiger partial charge in [0.2, 0.25) is 6.34 Å². The van der Waals surface area contributed by atoms with E-state index in [1.54, 1.807) is 38.2 Å². The number of likely N-dealkylation sites (N-methyl/N-ethyl adjacent to an activating group) is 1. The highest BCUT2D eigenvalue weighted by Gasteiger charge is 2.46. The Morgan fingerprint density at radius 2 is 1.94 bits per heavy atom. The van der Waals surface area contributed by atoms with Crippen LogP contribution in [0.3, 0.4) is 0 Å². The van der Waals surface area contributed by atoms with Gasteiger partial charge in [-0.05, 0) is 36.0 Å². The number of halogens is 2. The molecule has 3 unspecified atom stereocenters. The van der Waals surface area contributed by atoms with Crippen molar-refractivity contribution in [3.05, 3.63) is 70.8 Å². The van der Waals surface area contributed by atoms with Crippen molar-refractivity contribution in [1.82, 2.24) is 10.9 Å². The summed E-state index contributed by atoms with van der Waals surface area (Å²) >= 11 is 4.64. The van der Waals surface area contributed by atoms with E-state index in [-0.39, 0.29) is 21.8 Å². The van der Waals surface area contributed by atoms with Crippen LogP contribution in [0.25, 0.3) is 0 Å². The van der Waals surface area contributed by atoms with Gasteiger partial charge in [-0.3, -0.25) is 15.6 Å². The monoisotopic (exact) mass is 461 g/mol. The molecule has 0 saturated heterocycles. The molecule has 3 rings (SSSR count). The minimum atomic E-state index is -1.78. The number of quaternary nitrogens is 1. The molecule has 8 nitrogen and oxygen atoms in total. The van der Waals surface area contributed by atoms with Gasteiger partial charge in [0.1, 0.15) is 18.2 Å². The molecule has 168 valence electrons. The van der Waals surface area contributed by atoms with Crippen molar-refractivity contribution in [1.29, 1.82) is 0 Å². The first kappa shape index (κ1) is 23.4. The maximum atomic E-state index is 14.8. The maximum absolute atomic E-state index is 14.8. The number of carbonyl (C=O) groups is 1. The Labute approximate surface area is 189 Å². The Bertz CT molecular complexity index is 1080. The van der Waals surface area contributed by atoms with Crippen molar-refractivity contribution in [2.45, 2.75) is 18.4 Å². The molecule has 0 aromatic heterocycles. The molecule has 0 fully saturated rings. The van der Waals surface area contributed by atoms with Gasteiger partial charge in [-0.15, -0.1) is 0 Å². The van der Waals surface area contributed by atoms with E-state index in [1.165, 1.54) is 18.7 Å². The Balaban J connectivity index is 1.96. The van der Waals surface area contributed by atoms with Crippen LogP contribution in [0.4, 0.5) is 8.78 Å². The van der Waals surface area contributed by atoms with Gasteiger partial charge in [0.25, 0.3) is 5.91 Å². The molecule has 2 aromatic carbocycles. The first-order chi connectivity index (χ1) is 15.0. The van der Waals surface area contributed by atoms with E-state index >= 15 is 0 Å². The number of nitrogens with one attached hydrogen (secondary N) is 2. The number of aliphatic hydroxyl groups is 1. The molecule has 5 N–H and O–H groups in total. The number of rotatable bonds is 6. The van der Waals surface area contributed by atoms with Crippen LogP contribution in [-0.4, -0.2) is 47.0 Å². The molecule has 1 amide bonds. The molecular weight excluding hydrogens is 438 g/mol. The number of nitrogens with two attached hydrogens (primary N) is 1. The molecule has 3 atom stereocenters. The number of hydrazine groups is 1. The van der Waals surface area contributed by atoms with Crippen molar-refractivity contribution in [3.63, 3.8) is 0 Å². The second-order valence-corrected chi connectivity index (χ2v) is 8.14. The zero-order valence-corrected chi connectivity index (χ0v) is 18.2. The van der Waals surface area contributed by atoms with E-state index in [2.05, 4.69) is 33.2 Å². The Morgan fingerprint density at radius 3 is 2.50 bits per heavy atom. The molecule has 0 spiro atoms. The Hall–Kier alpha value is -3.28. The van der Waals surface area contributed by atoms with Crippen molar-refractivity contribution in [3.8, 4) is 0 Å². The number of nitrogens with zero attached hydrogens (tertiary/aromatic N) is 3. The Kier molecular flexibility index (Phi) is 6.63. The standard InChI is InChI=1S/C21H22F2N6O2S/c1-13(14-3-5-15(6-4-14)19(30)27-28-20(24)32)21(31,10-29(2)12-25-11-26-29)17-8-7-16(22)9-18(17)23/h3-9,11-13,31H,10H2,1-2H3,(H3-,24,27,28,30,32)/p+1. The molecule has 0 bridgehead atoms. The summed E-state index contributed by atoms with van der Waals surface area (Å²) in [5, 5.41) is 15.9. The minimum Gasteiger partial charge on any atom is -0.378 e. The molecule has 32 heavy (non-hydrogen) atoms. The lowest BCUT2D eigenvalue weighted by atomic mass is 9.77. The van der Waals surface area contributed by atoms with E-state index in [0.717, 1.165) is 12.1 Å². The Morgan fingerprint density at radius 1 is 1.25 bits per heavy atom. The second-order valence-electron chi connectivity index (χ2n) is 7.70. The number of amides is 1. The van der Waals surface area contributed by atoms with Crippen LogP contribution in [0, 0.1) is 11.6 Å². The summed E-state index contributed by atoms with van der Waals surface area (Å²) in [4.78, 5) is 16.1. The SMILES string of the molecule is CC(c1ccc(C(=O)NNC(N)=S)cc1)C(O)(C[N+]1(C)C=NC=N1)c1ccc(F)cc1F. The number of hydrogen-bond donors (Lipinski definition) is 4. The van der Waals surface area contributed by atoms with Crippen molar-refractivity contribution in [2.24, 2.45) is 15.8 Å². The van der Waals surface area contributed by atoms with Crippen LogP contribution >= 0.6 is 12.2 Å². The third kappa shape index (κ3) is 4.96. The number of aliphatic imine (C=N–C) groups is 1. The fourth-order valence-corrected chi connectivity index (χ4v) is 3.66. The van der Waals surface area contributed by atoms with Crippen LogP contribution < -0.4 is 16.6 Å². The number of thiocarbonyl (C=S) groups is 1. The predicted octanol–water partition coefficient (Wildman–Crippen LogP) is 1.87. The molecule has 0 aliphatic carbocycles. The highest BCUT2D eigenvalue weighted by Crippen LogP contribution is 2.40.